The number of nitrogens with one attached hydrogen (secondary N) is 1. The Morgan fingerprint density at radius 2 is 2.26 bits per heavy atom. The van der Waals surface area contributed by atoms with E-state index in [0.29, 0.717) is 6.54 Å². The minimum absolute atomic E-state index is 0.0718. The van der Waals surface area contributed by atoms with Gasteiger partial charge in [-0.15, -0.1) is 0 Å². The summed E-state index contributed by atoms with van der Waals surface area (Å²) in [5.41, 5.74) is -0.883. The van der Waals surface area contributed by atoms with Crippen LogP contribution >= 0.6 is 0 Å². The highest BCUT2D eigenvalue weighted by molar-refractivity contribution is 5.26. The first-order chi connectivity index (χ1) is 9.05. The Morgan fingerprint density at radius 1 is 1.47 bits per heavy atom. The van der Waals surface area contributed by atoms with E-state index in [-0.39, 0.29) is 18.3 Å². The number of ether oxygens (including phenoxy) is 1. The summed E-state index contributed by atoms with van der Waals surface area (Å²) >= 11 is 0. The monoisotopic (exact) mass is 271 g/mol. The van der Waals surface area contributed by atoms with Gasteiger partial charge in [0.1, 0.15) is 11.6 Å². The van der Waals surface area contributed by atoms with Crippen molar-refractivity contribution in [3.8, 4) is 0 Å². The van der Waals surface area contributed by atoms with Gasteiger partial charge in [-0.25, -0.2) is 8.78 Å². The lowest BCUT2D eigenvalue weighted by Crippen LogP contribution is -2.46. The van der Waals surface area contributed by atoms with Crippen LogP contribution < -0.4 is 5.32 Å². The van der Waals surface area contributed by atoms with Gasteiger partial charge in [-0.1, -0.05) is 0 Å². The van der Waals surface area contributed by atoms with Crippen LogP contribution in [0.5, 0.6) is 0 Å². The van der Waals surface area contributed by atoms with Gasteiger partial charge in [0.25, 0.3) is 0 Å². The van der Waals surface area contributed by atoms with E-state index in [1.165, 1.54) is 0 Å². The highest BCUT2D eigenvalue weighted by Gasteiger charge is 2.30. The largest absolute Gasteiger partial charge is 0.394 e. The van der Waals surface area contributed by atoms with Crippen LogP contribution in [0.4, 0.5) is 8.78 Å². The first-order valence-electron chi connectivity index (χ1n) is 6.48. The van der Waals surface area contributed by atoms with Crippen LogP contribution in [0.2, 0.25) is 0 Å². The summed E-state index contributed by atoms with van der Waals surface area (Å²) in [5, 5.41) is 12.6. The molecule has 5 heteroatoms. The van der Waals surface area contributed by atoms with E-state index < -0.39 is 17.2 Å². The fourth-order valence-electron chi connectivity index (χ4n) is 2.30. The third kappa shape index (κ3) is 3.29. The van der Waals surface area contributed by atoms with Crippen molar-refractivity contribution in [1.82, 2.24) is 5.32 Å². The summed E-state index contributed by atoms with van der Waals surface area (Å²) in [6, 6.07) is 3.26. The molecule has 1 heterocycles. The molecule has 2 N–H and O–H groups in total. The summed E-state index contributed by atoms with van der Waals surface area (Å²) in [5.74, 6) is -1.05. The minimum atomic E-state index is -1.02. The Balaban J connectivity index is 2.13. The van der Waals surface area contributed by atoms with Crippen molar-refractivity contribution >= 4 is 0 Å². The highest BCUT2D eigenvalue weighted by Crippen LogP contribution is 2.25. The molecule has 1 aliphatic rings. The summed E-state index contributed by atoms with van der Waals surface area (Å²) in [4.78, 5) is 0. The summed E-state index contributed by atoms with van der Waals surface area (Å²) in [6.45, 7) is 2.57. The number of benzene rings is 1. The molecule has 0 bridgehead atoms. The van der Waals surface area contributed by atoms with Gasteiger partial charge >= 0.3 is 0 Å². The smallest absolute Gasteiger partial charge is 0.128 e. The molecule has 0 aromatic heterocycles. The van der Waals surface area contributed by atoms with Crippen molar-refractivity contribution in [1.29, 1.82) is 0 Å². The molecule has 0 aliphatic carbocycles. The molecule has 1 aromatic carbocycles. The number of aliphatic hydroxyl groups is 1. The van der Waals surface area contributed by atoms with Crippen LogP contribution in [0.15, 0.2) is 18.2 Å². The van der Waals surface area contributed by atoms with Crippen LogP contribution in [0.1, 0.15) is 25.3 Å². The minimum Gasteiger partial charge on any atom is -0.394 e. The Hall–Kier alpha value is -1.04. The molecule has 2 unspecified atom stereocenters. The van der Waals surface area contributed by atoms with Gasteiger partial charge in [0.15, 0.2) is 0 Å². The molecule has 0 spiro atoms. The lowest BCUT2D eigenvalue weighted by atomic mass is 9.92. The first kappa shape index (κ1) is 14.4. The fraction of sp³-hybridized carbons (Fsp3) is 0.571. The number of aliphatic hydroxyl groups excluding tert-OH is 1. The standard InChI is InChI=1S/C14H19F2NO2/c1-14(9-18,17-8-11-3-2-6-19-11)12-7-10(15)4-5-13(12)16/h4-5,7,11,17-18H,2-3,6,8-9H2,1H3. The maximum absolute atomic E-state index is 13.8. The molecule has 19 heavy (non-hydrogen) atoms. The molecular weight excluding hydrogens is 252 g/mol. The van der Waals surface area contributed by atoms with Crippen molar-refractivity contribution in [3.63, 3.8) is 0 Å². The zero-order valence-corrected chi connectivity index (χ0v) is 11.0. The topological polar surface area (TPSA) is 41.5 Å². The molecule has 0 radical (unpaired) electrons. The summed E-state index contributed by atoms with van der Waals surface area (Å²) in [7, 11) is 0. The lowest BCUT2D eigenvalue weighted by Gasteiger charge is -2.31. The van der Waals surface area contributed by atoms with Gasteiger partial charge in [0, 0.05) is 18.7 Å². The Bertz CT molecular complexity index is 435. The maximum atomic E-state index is 13.8. The van der Waals surface area contributed by atoms with Crippen LogP contribution in [0.25, 0.3) is 0 Å². The SMILES string of the molecule is CC(CO)(NCC1CCCO1)c1cc(F)ccc1F. The average Bonchev–Trinajstić information content (AvgIpc) is 2.92. The molecule has 2 atom stereocenters. The van der Waals surface area contributed by atoms with Gasteiger partial charge in [-0.05, 0) is 38.0 Å². The predicted octanol–water partition coefficient (Wildman–Crippen LogP) is 1.94. The second kappa shape index (κ2) is 5.94. The van der Waals surface area contributed by atoms with E-state index in [9.17, 15) is 13.9 Å². The van der Waals surface area contributed by atoms with Crippen LogP contribution in [0.3, 0.4) is 0 Å². The molecule has 106 valence electrons. The zero-order valence-electron chi connectivity index (χ0n) is 11.0. The summed E-state index contributed by atoms with van der Waals surface area (Å²) < 4.78 is 32.5. The van der Waals surface area contributed by atoms with Crippen molar-refractivity contribution in [2.75, 3.05) is 19.8 Å². The zero-order chi connectivity index (χ0) is 13.9. The molecule has 0 amide bonds. The molecular formula is C14H19F2NO2. The van der Waals surface area contributed by atoms with Crippen LogP contribution in [-0.4, -0.2) is 31.0 Å². The maximum Gasteiger partial charge on any atom is 0.128 e. The molecule has 0 saturated carbocycles. The molecule has 1 fully saturated rings. The lowest BCUT2D eigenvalue weighted by molar-refractivity contribution is 0.0901. The van der Waals surface area contributed by atoms with Crippen LogP contribution in [-0.2, 0) is 10.3 Å². The molecule has 1 aliphatic heterocycles. The van der Waals surface area contributed by atoms with Crippen molar-refractivity contribution in [2.24, 2.45) is 0 Å². The van der Waals surface area contributed by atoms with E-state index in [0.717, 1.165) is 37.6 Å². The second-order valence-corrected chi connectivity index (χ2v) is 5.13. The number of halogens is 2. The van der Waals surface area contributed by atoms with Crippen molar-refractivity contribution < 1.29 is 18.6 Å². The predicted molar refractivity (Wildman–Crippen MR) is 67.8 cm³/mol. The Kier molecular flexibility index (Phi) is 4.50. The van der Waals surface area contributed by atoms with E-state index >= 15 is 0 Å². The third-order valence-electron chi connectivity index (χ3n) is 3.58. The Morgan fingerprint density at radius 3 is 2.89 bits per heavy atom. The van der Waals surface area contributed by atoms with E-state index in [1.807, 2.05) is 0 Å². The highest BCUT2D eigenvalue weighted by atomic mass is 19.1. The van der Waals surface area contributed by atoms with Gasteiger partial charge < -0.3 is 15.2 Å². The van der Waals surface area contributed by atoms with Gasteiger partial charge in [0.2, 0.25) is 0 Å². The third-order valence-corrected chi connectivity index (χ3v) is 3.58. The normalized spacial score (nSPS) is 22.4. The molecule has 2 rings (SSSR count). The molecule has 1 aromatic rings. The summed E-state index contributed by atoms with van der Waals surface area (Å²) in [6.07, 6.45) is 2.03. The van der Waals surface area contributed by atoms with Crippen molar-refractivity contribution in [2.45, 2.75) is 31.4 Å². The quantitative estimate of drug-likeness (QED) is 0.860. The van der Waals surface area contributed by atoms with Gasteiger partial charge in [-0.3, -0.25) is 0 Å². The van der Waals surface area contributed by atoms with Gasteiger partial charge in [0.05, 0.1) is 18.2 Å². The van der Waals surface area contributed by atoms with E-state index in [4.69, 9.17) is 4.74 Å². The number of hydrogen-bond donors (Lipinski definition) is 2. The van der Waals surface area contributed by atoms with Crippen molar-refractivity contribution in [3.05, 3.63) is 35.4 Å². The molecule has 1 saturated heterocycles. The van der Waals surface area contributed by atoms with Crippen LogP contribution in [0, 0.1) is 11.6 Å². The Labute approximate surface area is 111 Å². The number of hydrogen-bond acceptors (Lipinski definition) is 3. The van der Waals surface area contributed by atoms with Gasteiger partial charge in [-0.2, -0.15) is 0 Å². The number of rotatable bonds is 5. The second-order valence-electron chi connectivity index (χ2n) is 5.13. The van der Waals surface area contributed by atoms with E-state index in [1.54, 1.807) is 6.92 Å². The fourth-order valence-corrected chi connectivity index (χ4v) is 2.30. The van der Waals surface area contributed by atoms with E-state index in [2.05, 4.69) is 5.32 Å². The average molecular weight is 271 g/mol. The molecule has 3 nitrogen and oxygen atoms in total. The first-order valence-corrected chi connectivity index (χ1v) is 6.48.